The number of benzene rings is 1. The van der Waals surface area contributed by atoms with Gasteiger partial charge in [-0.05, 0) is 18.6 Å². The van der Waals surface area contributed by atoms with E-state index < -0.39 is 15.9 Å². The maximum absolute atomic E-state index is 12.0. The molecular formula is C11H17N3O4S. The van der Waals surface area contributed by atoms with Crippen LogP contribution in [-0.2, 0) is 19.6 Å². The van der Waals surface area contributed by atoms with Crippen LogP contribution in [0.3, 0.4) is 0 Å². The third kappa shape index (κ3) is 4.51. The van der Waals surface area contributed by atoms with E-state index in [1.165, 1.54) is 6.07 Å². The van der Waals surface area contributed by atoms with E-state index in [0.717, 1.165) is 0 Å². The van der Waals surface area contributed by atoms with Gasteiger partial charge in [-0.3, -0.25) is 4.79 Å². The maximum Gasteiger partial charge on any atom is 0.243 e. The predicted octanol–water partition coefficient (Wildman–Crippen LogP) is -0.643. The Morgan fingerprint density at radius 2 is 2.11 bits per heavy atom. The Morgan fingerprint density at radius 1 is 1.42 bits per heavy atom. The van der Waals surface area contributed by atoms with Gasteiger partial charge in [-0.1, -0.05) is 12.1 Å². The van der Waals surface area contributed by atoms with E-state index in [0.29, 0.717) is 5.56 Å². The van der Waals surface area contributed by atoms with E-state index in [1.54, 1.807) is 19.1 Å². The van der Waals surface area contributed by atoms with Gasteiger partial charge < -0.3 is 16.2 Å². The van der Waals surface area contributed by atoms with Gasteiger partial charge in [0.2, 0.25) is 15.9 Å². The molecule has 0 saturated carbocycles. The number of rotatable bonds is 7. The molecule has 0 fully saturated rings. The molecule has 1 aromatic carbocycles. The molecule has 0 bridgehead atoms. The van der Waals surface area contributed by atoms with Crippen LogP contribution in [0.25, 0.3) is 0 Å². The summed E-state index contributed by atoms with van der Waals surface area (Å²) in [4.78, 5) is 10.5. The quantitative estimate of drug-likeness (QED) is 0.454. The van der Waals surface area contributed by atoms with Gasteiger partial charge in [0.1, 0.15) is 11.5 Å². The molecule has 0 aliphatic rings. The molecule has 5 N–H and O–H groups in total. The minimum absolute atomic E-state index is 0.0311. The summed E-state index contributed by atoms with van der Waals surface area (Å²) >= 11 is 0. The zero-order valence-corrected chi connectivity index (χ0v) is 11.4. The lowest BCUT2D eigenvalue weighted by Gasteiger charge is -2.11. The zero-order valence-electron chi connectivity index (χ0n) is 10.5. The van der Waals surface area contributed by atoms with Gasteiger partial charge in [0.15, 0.2) is 0 Å². The highest BCUT2D eigenvalue weighted by atomic mass is 32.2. The first-order valence-corrected chi connectivity index (χ1v) is 7.03. The van der Waals surface area contributed by atoms with Crippen LogP contribution in [0.2, 0.25) is 0 Å². The first-order chi connectivity index (χ1) is 8.84. The Balaban J connectivity index is 2.64. The minimum atomic E-state index is -3.69. The standard InChI is InChI=1S/C11H17N3O4S/c1-8-3-2-4-9(12)11(8)19(16,17)14-5-6-18-7-10(13)15/h2-4,14H,5-7,12H2,1H3,(H2,13,15). The fourth-order valence-electron chi connectivity index (χ4n) is 1.54. The minimum Gasteiger partial charge on any atom is -0.398 e. The second-order valence-electron chi connectivity index (χ2n) is 3.91. The average Bonchev–Trinajstić information content (AvgIpc) is 2.27. The Bertz CT molecular complexity index is 537. The first kappa shape index (κ1) is 15.4. The molecule has 0 unspecified atom stereocenters. The molecule has 0 radical (unpaired) electrons. The highest BCUT2D eigenvalue weighted by Crippen LogP contribution is 2.21. The number of amides is 1. The van der Waals surface area contributed by atoms with Crippen molar-refractivity contribution in [1.82, 2.24) is 4.72 Å². The van der Waals surface area contributed by atoms with Gasteiger partial charge in [-0.2, -0.15) is 0 Å². The smallest absolute Gasteiger partial charge is 0.243 e. The molecule has 19 heavy (non-hydrogen) atoms. The number of aryl methyl sites for hydroxylation is 1. The molecule has 1 amide bonds. The SMILES string of the molecule is Cc1cccc(N)c1S(=O)(=O)NCCOCC(N)=O. The number of nitrogens with one attached hydrogen (secondary N) is 1. The fraction of sp³-hybridized carbons (Fsp3) is 0.364. The second kappa shape index (κ2) is 6.50. The van der Waals surface area contributed by atoms with Crippen LogP contribution >= 0.6 is 0 Å². The Morgan fingerprint density at radius 3 is 2.68 bits per heavy atom. The van der Waals surface area contributed by atoms with Crippen LogP contribution in [0.5, 0.6) is 0 Å². The molecule has 1 aromatic rings. The fourth-order valence-corrected chi connectivity index (χ4v) is 2.90. The summed E-state index contributed by atoms with van der Waals surface area (Å²) in [5.74, 6) is -0.606. The molecule has 0 atom stereocenters. The largest absolute Gasteiger partial charge is 0.398 e. The summed E-state index contributed by atoms with van der Waals surface area (Å²) in [5, 5.41) is 0. The topological polar surface area (TPSA) is 125 Å². The summed E-state index contributed by atoms with van der Waals surface area (Å²) in [7, 11) is -3.69. The summed E-state index contributed by atoms with van der Waals surface area (Å²) in [6.45, 7) is 1.50. The van der Waals surface area contributed by atoms with Gasteiger partial charge in [0.05, 0.1) is 12.3 Å². The van der Waals surface area contributed by atoms with E-state index in [2.05, 4.69) is 4.72 Å². The van der Waals surface area contributed by atoms with Gasteiger partial charge in [0, 0.05) is 6.54 Å². The van der Waals surface area contributed by atoms with E-state index >= 15 is 0 Å². The highest BCUT2D eigenvalue weighted by Gasteiger charge is 2.19. The zero-order chi connectivity index (χ0) is 14.5. The third-order valence-corrected chi connectivity index (χ3v) is 3.97. The summed E-state index contributed by atoms with van der Waals surface area (Å²) in [6.07, 6.45) is 0. The lowest BCUT2D eigenvalue weighted by molar-refractivity contribution is -0.122. The Kier molecular flexibility index (Phi) is 5.28. The van der Waals surface area contributed by atoms with Crippen molar-refractivity contribution in [3.8, 4) is 0 Å². The van der Waals surface area contributed by atoms with Gasteiger partial charge in [0.25, 0.3) is 0 Å². The van der Waals surface area contributed by atoms with Gasteiger partial charge in [-0.15, -0.1) is 0 Å². The monoisotopic (exact) mass is 287 g/mol. The number of hydrogen-bond donors (Lipinski definition) is 3. The molecule has 0 aliphatic carbocycles. The molecule has 106 valence electrons. The first-order valence-electron chi connectivity index (χ1n) is 5.55. The van der Waals surface area contributed by atoms with Crippen LogP contribution in [0.15, 0.2) is 23.1 Å². The van der Waals surface area contributed by atoms with Crippen LogP contribution in [-0.4, -0.2) is 34.1 Å². The van der Waals surface area contributed by atoms with Crippen LogP contribution in [0.4, 0.5) is 5.69 Å². The molecule has 0 aromatic heterocycles. The number of carbonyl (C=O) groups is 1. The summed E-state index contributed by atoms with van der Waals surface area (Å²) < 4.78 is 31.3. The van der Waals surface area contributed by atoms with Crippen molar-refractivity contribution >= 4 is 21.6 Å². The normalized spacial score (nSPS) is 11.4. The van der Waals surface area contributed by atoms with E-state index in [9.17, 15) is 13.2 Å². The van der Waals surface area contributed by atoms with E-state index in [1.807, 2.05) is 0 Å². The van der Waals surface area contributed by atoms with Gasteiger partial charge >= 0.3 is 0 Å². The maximum atomic E-state index is 12.0. The van der Waals surface area contributed by atoms with E-state index in [4.69, 9.17) is 16.2 Å². The molecule has 0 aliphatic heterocycles. The Hall–Kier alpha value is -1.64. The third-order valence-electron chi connectivity index (χ3n) is 2.29. The number of ether oxygens (including phenoxy) is 1. The molecule has 7 nitrogen and oxygen atoms in total. The van der Waals surface area contributed by atoms with Crippen molar-refractivity contribution in [2.75, 3.05) is 25.5 Å². The molecule has 0 spiro atoms. The molecule has 1 rings (SSSR count). The van der Waals surface area contributed by atoms with Crippen molar-refractivity contribution in [2.45, 2.75) is 11.8 Å². The van der Waals surface area contributed by atoms with E-state index in [-0.39, 0.29) is 30.3 Å². The van der Waals surface area contributed by atoms with Crippen LogP contribution in [0, 0.1) is 6.92 Å². The number of nitrogens with two attached hydrogens (primary N) is 2. The summed E-state index contributed by atoms with van der Waals surface area (Å²) in [5.41, 5.74) is 11.3. The number of anilines is 1. The summed E-state index contributed by atoms with van der Waals surface area (Å²) in [6, 6.07) is 4.86. The number of sulfonamides is 1. The van der Waals surface area contributed by atoms with Crippen molar-refractivity contribution in [3.63, 3.8) is 0 Å². The number of hydrogen-bond acceptors (Lipinski definition) is 5. The van der Waals surface area contributed by atoms with Crippen molar-refractivity contribution in [3.05, 3.63) is 23.8 Å². The van der Waals surface area contributed by atoms with Crippen molar-refractivity contribution < 1.29 is 17.9 Å². The molecular weight excluding hydrogens is 270 g/mol. The van der Waals surface area contributed by atoms with Crippen molar-refractivity contribution in [1.29, 1.82) is 0 Å². The lowest BCUT2D eigenvalue weighted by atomic mass is 10.2. The molecule has 0 heterocycles. The predicted molar refractivity (Wildman–Crippen MR) is 70.8 cm³/mol. The van der Waals surface area contributed by atoms with Crippen LogP contribution < -0.4 is 16.2 Å². The number of nitrogen functional groups attached to an aromatic ring is 1. The molecule has 8 heteroatoms. The number of carbonyl (C=O) groups excluding carboxylic acids is 1. The van der Waals surface area contributed by atoms with Crippen LogP contribution in [0.1, 0.15) is 5.56 Å². The lowest BCUT2D eigenvalue weighted by Crippen LogP contribution is -2.30. The highest BCUT2D eigenvalue weighted by molar-refractivity contribution is 7.89. The Labute approximate surface area is 112 Å². The van der Waals surface area contributed by atoms with Gasteiger partial charge in [-0.25, -0.2) is 13.1 Å². The second-order valence-corrected chi connectivity index (χ2v) is 5.61. The number of primary amides is 1. The average molecular weight is 287 g/mol. The van der Waals surface area contributed by atoms with Crippen molar-refractivity contribution in [2.24, 2.45) is 5.73 Å². The molecule has 0 saturated heterocycles.